The number of rotatable bonds is 3. The second-order valence-electron chi connectivity index (χ2n) is 2.85. The van der Waals surface area contributed by atoms with E-state index in [1.165, 1.54) is 0 Å². The molecule has 13 heavy (non-hydrogen) atoms. The Balaban J connectivity index is 2.48. The molecule has 0 saturated carbocycles. The van der Waals surface area contributed by atoms with Crippen LogP contribution in [-0.4, -0.2) is 15.5 Å². The van der Waals surface area contributed by atoms with E-state index < -0.39 is 0 Å². The minimum Gasteiger partial charge on any atom is -0.456 e. The van der Waals surface area contributed by atoms with Crippen molar-refractivity contribution in [2.24, 2.45) is 7.05 Å². The summed E-state index contributed by atoms with van der Waals surface area (Å²) in [4.78, 5) is 14.9. The van der Waals surface area contributed by atoms with Gasteiger partial charge in [0.25, 0.3) is 0 Å². The molecule has 1 aromatic heterocycles. The van der Waals surface area contributed by atoms with Crippen LogP contribution in [0.15, 0.2) is 24.7 Å². The maximum atomic E-state index is 11.0. The fraction of sp³-hybridized carbons (Fsp3) is 0.333. The highest BCUT2D eigenvalue weighted by Crippen LogP contribution is 2.01. The second kappa shape index (κ2) is 3.89. The molecule has 1 aromatic rings. The van der Waals surface area contributed by atoms with Crippen LogP contribution in [0.3, 0.4) is 0 Å². The predicted molar refractivity (Wildman–Crippen MR) is 47.8 cm³/mol. The van der Waals surface area contributed by atoms with Gasteiger partial charge in [-0.15, -0.1) is 0 Å². The van der Waals surface area contributed by atoms with Gasteiger partial charge in [-0.1, -0.05) is 6.58 Å². The predicted octanol–water partition coefficient (Wildman–Crippen LogP) is 1.04. The van der Waals surface area contributed by atoms with E-state index in [9.17, 15) is 4.79 Å². The van der Waals surface area contributed by atoms with E-state index >= 15 is 0 Å². The van der Waals surface area contributed by atoms with Crippen LogP contribution in [0, 0.1) is 0 Å². The number of nitrogens with zero attached hydrogens (tertiary/aromatic N) is 2. The molecule has 0 atom stereocenters. The molecule has 0 aromatic carbocycles. The van der Waals surface area contributed by atoms with Gasteiger partial charge in [0.1, 0.15) is 6.61 Å². The SMILES string of the molecule is C=C(C)C(=O)OCc1cncn1C. The zero-order chi connectivity index (χ0) is 9.84. The Hall–Kier alpha value is -1.58. The number of aryl methyl sites for hydroxylation is 1. The maximum Gasteiger partial charge on any atom is 0.333 e. The Bertz CT molecular complexity index is 328. The smallest absolute Gasteiger partial charge is 0.333 e. The first-order valence-corrected chi connectivity index (χ1v) is 3.89. The monoisotopic (exact) mass is 180 g/mol. The normalized spacial score (nSPS) is 9.69. The quantitative estimate of drug-likeness (QED) is 0.515. The molecular weight excluding hydrogens is 168 g/mol. The van der Waals surface area contributed by atoms with E-state index in [0.29, 0.717) is 5.57 Å². The topological polar surface area (TPSA) is 44.1 Å². The highest BCUT2D eigenvalue weighted by molar-refractivity contribution is 5.86. The zero-order valence-electron chi connectivity index (χ0n) is 7.78. The number of hydrogen-bond donors (Lipinski definition) is 0. The van der Waals surface area contributed by atoms with Gasteiger partial charge < -0.3 is 9.30 Å². The third-order valence-corrected chi connectivity index (χ3v) is 1.62. The molecule has 0 radical (unpaired) electrons. The molecule has 70 valence electrons. The number of hydrogen-bond acceptors (Lipinski definition) is 3. The fourth-order valence-electron chi connectivity index (χ4n) is 0.786. The highest BCUT2D eigenvalue weighted by atomic mass is 16.5. The molecule has 0 aliphatic carbocycles. The number of carbonyl (C=O) groups excluding carboxylic acids is 1. The first-order chi connectivity index (χ1) is 6.11. The minimum atomic E-state index is -0.374. The summed E-state index contributed by atoms with van der Waals surface area (Å²) in [6.07, 6.45) is 3.32. The van der Waals surface area contributed by atoms with E-state index in [2.05, 4.69) is 11.6 Å². The molecule has 0 N–H and O–H groups in total. The molecule has 0 saturated heterocycles. The third-order valence-electron chi connectivity index (χ3n) is 1.62. The van der Waals surface area contributed by atoms with Crippen molar-refractivity contribution in [3.05, 3.63) is 30.4 Å². The summed E-state index contributed by atoms with van der Waals surface area (Å²) in [6, 6.07) is 0. The van der Waals surface area contributed by atoms with Crippen LogP contribution >= 0.6 is 0 Å². The summed E-state index contributed by atoms with van der Waals surface area (Å²) < 4.78 is 6.73. The van der Waals surface area contributed by atoms with Gasteiger partial charge in [0.15, 0.2) is 0 Å². The molecule has 4 heteroatoms. The third kappa shape index (κ3) is 2.43. The van der Waals surface area contributed by atoms with Crippen molar-refractivity contribution < 1.29 is 9.53 Å². The van der Waals surface area contributed by atoms with Crippen LogP contribution in [-0.2, 0) is 23.2 Å². The first kappa shape index (κ1) is 9.51. The number of ether oxygens (including phenoxy) is 1. The Labute approximate surface area is 76.8 Å². The van der Waals surface area contributed by atoms with Crippen molar-refractivity contribution in [1.29, 1.82) is 0 Å². The van der Waals surface area contributed by atoms with Gasteiger partial charge in [-0.3, -0.25) is 0 Å². The van der Waals surface area contributed by atoms with Gasteiger partial charge in [0.05, 0.1) is 18.2 Å². The van der Waals surface area contributed by atoms with Crippen LogP contribution in [0.5, 0.6) is 0 Å². The van der Waals surface area contributed by atoms with Gasteiger partial charge in [-0.05, 0) is 6.92 Å². The molecule has 0 unspecified atom stereocenters. The lowest BCUT2D eigenvalue weighted by Gasteiger charge is -2.03. The van der Waals surface area contributed by atoms with E-state index in [4.69, 9.17) is 4.74 Å². The zero-order valence-corrected chi connectivity index (χ0v) is 7.78. The Morgan fingerprint density at radius 3 is 2.92 bits per heavy atom. The lowest BCUT2D eigenvalue weighted by molar-refractivity contribution is -0.140. The number of imidazole rings is 1. The maximum absolute atomic E-state index is 11.0. The summed E-state index contributed by atoms with van der Waals surface area (Å²) in [7, 11) is 1.84. The summed E-state index contributed by atoms with van der Waals surface area (Å²) >= 11 is 0. The first-order valence-electron chi connectivity index (χ1n) is 3.89. The van der Waals surface area contributed by atoms with Crippen molar-refractivity contribution in [1.82, 2.24) is 9.55 Å². The molecule has 0 bridgehead atoms. The van der Waals surface area contributed by atoms with Gasteiger partial charge in [-0.25, -0.2) is 9.78 Å². The molecular formula is C9H12N2O2. The number of aromatic nitrogens is 2. The molecule has 0 fully saturated rings. The van der Waals surface area contributed by atoms with Crippen molar-refractivity contribution in [3.63, 3.8) is 0 Å². The molecule has 1 rings (SSSR count). The van der Waals surface area contributed by atoms with Gasteiger partial charge in [-0.2, -0.15) is 0 Å². The Kier molecular flexibility index (Phi) is 2.84. The second-order valence-corrected chi connectivity index (χ2v) is 2.85. The minimum absolute atomic E-state index is 0.238. The van der Waals surface area contributed by atoms with Crippen LogP contribution in [0.1, 0.15) is 12.6 Å². The molecule has 0 aliphatic rings. The van der Waals surface area contributed by atoms with Crippen LogP contribution < -0.4 is 0 Å². The van der Waals surface area contributed by atoms with Crippen molar-refractivity contribution in [3.8, 4) is 0 Å². The molecule has 0 amide bonds. The van der Waals surface area contributed by atoms with E-state index in [1.807, 2.05) is 7.05 Å². The summed E-state index contributed by atoms with van der Waals surface area (Å²) in [5.41, 5.74) is 1.26. The van der Waals surface area contributed by atoms with Crippen molar-refractivity contribution in [2.45, 2.75) is 13.5 Å². The summed E-state index contributed by atoms with van der Waals surface area (Å²) in [5.74, 6) is -0.374. The highest BCUT2D eigenvalue weighted by Gasteiger charge is 2.04. The molecule has 0 spiro atoms. The number of esters is 1. The summed E-state index contributed by atoms with van der Waals surface area (Å²) in [5, 5.41) is 0. The summed E-state index contributed by atoms with van der Waals surface area (Å²) in [6.45, 7) is 5.34. The molecule has 4 nitrogen and oxygen atoms in total. The van der Waals surface area contributed by atoms with Crippen LogP contribution in [0.25, 0.3) is 0 Å². The van der Waals surface area contributed by atoms with Crippen molar-refractivity contribution in [2.75, 3.05) is 0 Å². The number of carbonyl (C=O) groups is 1. The standard InChI is InChI=1S/C9H12N2O2/c1-7(2)9(12)13-5-8-4-10-6-11(8)3/h4,6H,1,5H2,2-3H3. The molecule has 0 aliphatic heterocycles. The van der Waals surface area contributed by atoms with Gasteiger partial charge in [0, 0.05) is 12.6 Å². The van der Waals surface area contributed by atoms with Crippen molar-refractivity contribution >= 4 is 5.97 Å². The molecule has 1 heterocycles. The largest absolute Gasteiger partial charge is 0.456 e. The lowest BCUT2D eigenvalue weighted by atomic mass is 10.4. The lowest BCUT2D eigenvalue weighted by Crippen LogP contribution is -2.06. The van der Waals surface area contributed by atoms with Crippen LogP contribution in [0.2, 0.25) is 0 Å². The Morgan fingerprint density at radius 1 is 1.77 bits per heavy atom. The van der Waals surface area contributed by atoms with Gasteiger partial charge >= 0.3 is 5.97 Å². The fourth-order valence-corrected chi connectivity index (χ4v) is 0.786. The average Bonchev–Trinajstić information content (AvgIpc) is 2.47. The van der Waals surface area contributed by atoms with E-state index in [-0.39, 0.29) is 12.6 Å². The van der Waals surface area contributed by atoms with Gasteiger partial charge in [0.2, 0.25) is 0 Å². The average molecular weight is 180 g/mol. The van der Waals surface area contributed by atoms with E-state index in [1.54, 1.807) is 24.0 Å². The van der Waals surface area contributed by atoms with Crippen LogP contribution in [0.4, 0.5) is 0 Å². The van der Waals surface area contributed by atoms with E-state index in [0.717, 1.165) is 5.69 Å². The Morgan fingerprint density at radius 2 is 2.46 bits per heavy atom.